The van der Waals surface area contributed by atoms with Crippen molar-refractivity contribution in [1.29, 1.82) is 0 Å². The third-order valence-corrected chi connectivity index (χ3v) is 6.57. The van der Waals surface area contributed by atoms with Crippen molar-refractivity contribution in [2.24, 2.45) is 0 Å². The van der Waals surface area contributed by atoms with Gasteiger partial charge in [-0.3, -0.25) is 5.10 Å². The van der Waals surface area contributed by atoms with Gasteiger partial charge >= 0.3 is 0 Å². The third-order valence-electron chi connectivity index (χ3n) is 4.48. The quantitative estimate of drug-likeness (QED) is 0.930. The Morgan fingerprint density at radius 3 is 2.57 bits per heavy atom. The van der Waals surface area contributed by atoms with Gasteiger partial charge in [-0.25, -0.2) is 8.42 Å². The van der Waals surface area contributed by atoms with Crippen molar-refractivity contribution >= 4 is 10.0 Å². The van der Waals surface area contributed by atoms with E-state index in [0.717, 1.165) is 17.7 Å². The molecule has 0 aliphatic carbocycles. The van der Waals surface area contributed by atoms with Gasteiger partial charge in [0.1, 0.15) is 10.6 Å². The van der Waals surface area contributed by atoms with Crippen LogP contribution in [0.25, 0.3) is 0 Å². The van der Waals surface area contributed by atoms with Gasteiger partial charge in [-0.05, 0) is 43.9 Å². The smallest absolute Gasteiger partial charge is 0.246 e. The molecule has 1 fully saturated rings. The van der Waals surface area contributed by atoms with E-state index in [2.05, 4.69) is 10.2 Å². The van der Waals surface area contributed by atoms with Crippen molar-refractivity contribution in [1.82, 2.24) is 14.5 Å². The molecule has 2 atom stereocenters. The van der Waals surface area contributed by atoms with Crippen molar-refractivity contribution in [2.45, 2.75) is 37.1 Å². The highest BCUT2D eigenvalue weighted by atomic mass is 32.2. The molecule has 3 rings (SSSR count). The number of H-pyrrole nitrogens is 1. The molecule has 1 N–H and O–H groups in total. The number of benzene rings is 1. The summed E-state index contributed by atoms with van der Waals surface area (Å²) in [5.41, 5.74) is 1.71. The molecule has 0 saturated carbocycles. The van der Waals surface area contributed by atoms with E-state index in [0.29, 0.717) is 12.2 Å². The molecule has 0 radical (unpaired) electrons. The fraction of sp³-hybridized carbons (Fsp3) is 0.438. The Morgan fingerprint density at radius 1 is 1.30 bits per heavy atom. The average Bonchev–Trinajstić information content (AvgIpc) is 3.14. The van der Waals surface area contributed by atoms with Gasteiger partial charge in [0.2, 0.25) is 10.0 Å². The van der Waals surface area contributed by atoms with Crippen LogP contribution in [-0.2, 0) is 10.0 Å². The molecule has 2 aromatic rings. The summed E-state index contributed by atoms with van der Waals surface area (Å²) in [6, 6.07) is 7.81. The number of methoxy groups -OCH3 is 1. The summed E-state index contributed by atoms with van der Waals surface area (Å²) in [6.45, 7) is 4.17. The van der Waals surface area contributed by atoms with E-state index in [9.17, 15) is 8.42 Å². The van der Waals surface area contributed by atoms with E-state index >= 15 is 0 Å². The Morgan fingerprint density at radius 2 is 2.00 bits per heavy atom. The van der Waals surface area contributed by atoms with Gasteiger partial charge in [0.05, 0.1) is 19.0 Å². The Balaban J connectivity index is 1.85. The molecule has 1 aliphatic rings. The number of rotatable bonds is 4. The standard InChI is InChI=1S/C16H21N3O3S/c1-11-8-14(13-4-6-15(22-3)7-5-13)10-19(11)23(20,21)16-9-17-18-12(16)2/h4-7,9,11,14H,8,10H2,1-3H3,(H,17,18)/t11-,14-/m0/s1. The van der Waals surface area contributed by atoms with Crippen molar-refractivity contribution in [3.63, 3.8) is 0 Å². The van der Waals surface area contributed by atoms with E-state index in [1.54, 1.807) is 18.3 Å². The van der Waals surface area contributed by atoms with Gasteiger partial charge in [-0.15, -0.1) is 0 Å². The molecule has 1 saturated heterocycles. The van der Waals surface area contributed by atoms with Gasteiger partial charge < -0.3 is 4.74 Å². The zero-order valence-electron chi connectivity index (χ0n) is 13.5. The number of aryl methyl sites for hydroxylation is 1. The number of hydrogen-bond acceptors (Lipinski definition) is 4. The lowest BCUT2D eigenvalue weighted by Crippen LogP contribution is -2.34. The maximum absolute atomic E-state index is 12.9. The van der Waals surface area contributed by atoms with E-state index < -0.39 is 10.0 Å². The topological polar surface area (TPSA) is 75.3 Å². The van der Waals surface area contributed by atoms with Crippen LogP contribution in [0.4, 0.5) is 0 Å². The van der Waals surface area contributed by atoms with Gasteiger partial charge in [0.25, 0.3) is 0 Å². The predicted octanol–water partition coefficient (Wildman–Crippen LogP) is 2.29. The third kappa shape index (κ3) is 2.86. The van der Waals surface area contributed by atoms with Crippen LogP contribution in [0.3, 0.4) is 0 Å². The summed E-state index contributed by atoms with van der Waals surface area (Å²) in [5, 5.41) is 6.53. The summed E-state index contributed by atoms with van der Waals surface area (Å²) in [4.78, 5) is 0.264. The molecule has 2 heterocycles. The molecule has 124 valence electrons. The molecule has 0 spiro atoms. The minimum atomic E-state index is -3.51. The highest BCUT2D eigenvalue weighted by Crippen LogP contribution is 2.36. The number of sulfonamides is 1. The monoisotopic (exact) mass is 335 g/mol. The molecule has 7 heteroatoms. The Kier molecular flexibility index (Phi) is 4.16. The highest BCUT2D eigenvalue weighted by Gasteiger charge is 2.39. The number of nitrogens with one attached hydrogen (secondary N) is 1. The summed E-state index contributed by atoms with van der Waals surface area (Å²) < 4.78 is 32.5. The minimum Gasteiger partial charge on any atom is -0.497 e. The zero-order chi connectivity index (χ0) is 16.6. The zero-order valence-corrected chi connectivity index (χ0v) is 14.3. The molecular formula is C16H21N3O3S. The number of aromatic nitrogens is 2. The molecule has 0 amide bonds. The second-order valence-electron chi connectivity index (χ2n) is 5.99. The molecular weight excluding hydrogens is 314 g/mol. The Hall–Kier alpha value is -1.86. The van der Waals surface area contributed by atoms with Crippen molar-refractivity contribution in [3.8, 4) is 5.75 Å². The molecule has 1 aromatic carbocycles. The normalized spacial score (nSPS) is 22.4. The van der Waals surface area contributed by atoms with Crippen LogP contribution in [0.15, 0.2) is 35.4 Å². The number of hydrogen-bond donors (Lipinski definition) is 1. The second-order valence-corrected chi connectivity index (χ2v) is 7.85. The number of ether oxygens (including phenoxy) is 1. The van der Waals surface area contributed by atoms with Crippen molar-refractivity contribution in [3.05, 3.63) is 41.7 Å². The Bertz CT molecular complexity index is 783. The lowest BCUT2D eigenvalue weighted by Gasteiger charge is -2.20. The maximum Gasteiger partial charge on any atom is 0.246 e. The molecule has 1 aromatic heterocycles. The number of aromatic amines is 1. The van der Waals surface area contributed by atoms with Crippen molar-refractivity contribution in [2.75, 3.05) is 13.7 Å². The lowest BCUT2D eigenvalue weighted by molar-refractivity contribution is 0.407. The average molecular weight is 335 g/mol. The summed E-state index contributed by atoms with van der Waals surface area (Å²) in [6.07, 6.45) is 2.19. The van der Waals surface area contributed by atoms with E-state index in [4.69, 9.17) is 4.74 Å². The largest absolute Gasteiger partial charge is 0.497 e. The molecule has 6 nitrogen and oxygen atoms in total. The predicted molar refractivity (Wildman–Crippen MR) is 87.0 cm³/mol. The maximum atomic E-state index is 12.9. The fourth-order valence-corrected chi connectivity index (χ4v) is 4.99. The lowest BCUT2D eigenvalue weighted by atomic mass is 9.97. The fourth-order valence-electron chi connectivity index (χ4n) is 3.18. The molecule has 23 heavy (non-hydrogen) atoms. The van der Waals surface area contributed by atoms with Crippen molar-refractivity contribution < 1.29 is 13.2 Å². The van der Waals surface area contributed by atoms with Crippen LogP contribution in [0.5, 0.6) is 5.75 Å². The van der Waals surface area contributed by atoms with Gasteiger partial charge in [-0.2, -0.15) is 9.40 Å². The van der Waals surface area contributed by atoms with Gasteiger partial charge in [0.15, 0.2) is 0 Å². The summed E-state index contributed by atoms with van der Waals surface area (Å²) >= 11 is 0. The van der Waals surface area contributed by atoms with E-state index in [1.807, 2.05) is 31.2 Å². The summed E-state index contributed by atoms with van der Waals surface area (Å²) in [7, 11) is -1.88. The van der Waals surface area contributed by atoms with E-state index in [1.165, 1.54) is 6.20 Å². The first-order chi connectivity index (χ1) is 10.9. The minimum absolute atomic E-state index is 0.0404. The van der Waals surface area contributed by atoms with Crippen LogP contribution >= 0.6 is 0 Å². The van der Waals surface area contributed by atoms with Gasteiger partial charge in [0, 0.05) is 12.6 Å². The van der Waals surface area contributed by atoms with Crippen LogP contribution in [0.2, 0.25) is 0 Å². The van der Waals surface area contributed by atoms with Crippen LogP contribution in [0, 0.1) is 6.92 Å². The summed E-state index contributed by atoms with van der Waals surface area (Å²) in [5.74, 6) is 0.996. The second kappa shape index (κ2) is 5.98. The first-order valence-electron chi connectivity index (χ1n) is 7.59. The SMILES string of the molecule is COc1ccc([C@H]2C[C@H](C)N(S(=O)(=O)c3cn[nH]c3C)C2)cc1. The van der Waals surface area contributed by atoms with Crippen LogP contribution < -0.4 is 4.74 Å². The molecule has 1 aliphatic heterocycles. The highest BCUT2D eigenvalue weighted by molar-refractivity contribution is 7.89. The number of nitrogens with zero attached hydrogens (tertiary/aromatic N) is 2. The first-order valence-corrected chi connectivity index (χ1v) is 9.03. The van der Waals surface area contributed by atoms with Gasteiger partial charge in [-0.1, -0.05) is 12.1 Å². The Labute approximate surface area is 136 Å². The molecule has 0 bridgehead atoms. The van der Waals surface area contributed by atoms with E-state index in [-0.39, 0.29) is 16.9 Å². The molecule has 0 unspecified atom stereocenters. The van der Waals surface area contributed by atoms with Crippen LogP contribution in [0.1, 0.15) is 30.5 Å². The van der Waals surface area contributed by atoms with Crippen LogP contribution in [-0.4, -0.2) is 42.6 Å². The first kappa shape index (κ1) is 16.0.